The fraction of sp³-hybridized carbons (Fsp3) is 0.571. The Morgan fingerprint density at radius 1 is 1.40 bits per heavy atom. The zero-order valence-electron chi connectivity index (χ0n) is 10.6. The molecule has 1 heteroatoms. The molecule has 1 rings (SSSR count). The summed E-state index contributed by atoms with van der Waals surface area (Å²) < 4.78 is 5.60. The first-order valence-electron chi connectivity index (χ1n) is 5.71. The van der Waals surface area contributed by atoms with Crippen LogP contribution in [0.3, 0.4) is 0 Å². The van der Waals surface area contributed by atoms with E-state index in [2.05, 4.69) is 33.8 Å². The third kappa shape index (κ3) is 3.58. The van der Waals surface area contributed by atoms with Crippen LogP contribution in [0.4, 0.5) is 0 Å². The topological polar surface area (TPSA) is 13.1 Å². The maximum atomic E-state index is 5.60. The van der Waals surface area contributed by atoms with Gasteiger partial charge in [0.2, 0.25) is 0 Å². The fourth-order valence-electron chi connectivity index (χ4n) is 2.02. The summed E-state index contributed by atoms with van der Waals surface area (Å²) in [5, 5.41) is 0. The minimum atomic E-state index is 0.263. The van der Waals surface area contributed by atoms with Crippen LogP contribution in [0.2, 0.25) is 0 Å². The van der Waals surface area contributed by atoms with Crippen LogP contribution in [0.25, 0.3) is 5.57 Å². The third-order valence-electron chi connectivity index (χ3n) is 2.63. The Kier molecular flexibility index (Phi) is 3.78. The van der Waals surface area contributed by atoms with Crippen LogP contribution in [0.15, 0.2) is 22.6 Å². The highest BCUT2D eigenvalue weighted by molar-refractivity contribution is 5.60. The maximum Gasteiger partial charge on any atom is 0.129 e. The summed E-state index contributed by atoms with van der Waals surface area (Å²) in [6.07, 6.45) is 4.74. The number of allylic oxidation sites excluding steroid dienone is 2. The van der Waals surface area contributed by atoms with E-state index in [9.17, 15) is 0 Å². The summed E-state index contributed by atoms with van der Waals surface area (Å²) >= 11 is 0. The van der Waals surface area contributed by atoms with Crippen molar-refractivity contribution in [1.29, 1.82) is 0 Å². The van der Waals surface area contributed by atoms with E-state index in [1.165, 1.54) is 18.4 Å². The average molecular weight is 206 g/mol. The van der Waals surface area contributed by atoms with Crippen LogP contribution in [-0.4, -0.2) is 0 Å². The van der Waals surface area contributed by atoms with Gasteiger partial charge in [-0.3, -0.25) is 0 Å². The lowest BCUT2D eigenvalue weighted by Crippen LogP contribution is -2.06. The predicted molar refractivity (Wildman–Crippen MR) is 65.8 cm³/mol. The van der Waals surface area contributed by atoms with Crippen LogP contribution in [0, 0.1) is 12.3 Å². The third-order valence-corrected chi connectivity index (χ3v) is 2.63. The lowest BCUT2D eigenvalue weighted by Gasteiger charge is -2.20. The number of hydrogen-bond donors (Lipinski definition) is 0. The molecule has 0 N–H and O–H groups in total. The Morgan fingerprint density at radius 3 is 2.53 bits per heavy atom. The molecule has 0 fully saturated rings. The Balaban J connectivity index is 2.83. The Morgan fingerprint density at radius 2 is 2.07 bits per heavy atom. The van der Waals surface area contributed by atoms with Gasteiger partial charge in [-0.15, -0.1) is 0 Å². The van der Waals surface area contributed by atoms with E-state index < -0.39 is 0 Å². The quantitative estimate of drug-likeness (QED) is 0.688. The number of aryl methyl sites for hydroxylation is 1. The number of hydrogen-bond acceptors (Lipinski definition) is 1. The van der Waals surface area contributed by atoms with E-state index in [1.807, 2.05) is 19.1 Å². The largest absolute Gasteiger partial charge is 0.462 e. The molecule has 1 aromatic heterocycles. The second-order valence-electron chi connectivity index (χ2n) is 4.98. The molecule has 0 amide bonds. The molecule has 0 atom stereocenters. The molecule has 0 saturated heterocycles. The molecule has 1 nitrogen and oxygen atoms in total. The molecule has 0 unspecified atom stereocenters. The van der Waals surface area contributed by atoms with Crippen molar-refractivity contribution in [2.24, 2.45) is 5.41 Å². The van der Waals surface area contributed by atoms with Gasteiger partial charge in [-0.1, -0.05) is 33.3 Å². The van der Waals surface area contributed by atoms with Gasteiger partial charge in [0.05, 0.1) is 0 Å². The summed E-state index contributed by atoms with van der Waals surface area (Å²) in [6, 6.07) is 4.06. The van der Waals surface area contributed by atoms with Gasteiger partial charge in [-0.2, -0.15) is 0 Å². The first kappa shape index (κ1) is 12.1. The molecule has 15 heavy (non-hydrogen) atoms. The van der Waals surface area contributed by atoms with Gasteiger partial charge in [-0.25, -0.2) is 0 Å². The molecule has 0 spiro atoms. The summed E-state index contributed by atoms with van der Waals surface area (Å²) in [5.41, 5.74) is 1.50. The highest BCUT2D eigenvalue weighted by Gasteiger charge is 2.14. The molecule has 0 radical (unpaired) electrons. The fourth-order valence-corrected chi connectivity index (χ4v) is 2.02. The van der Waals surface area contributed by atoms with E-state index in [0.717, 1.165) is 11.5 Å². The van der Waals surface area contributed by atoms with Gasteiger partial charge in [0.1, 0.15) is 11.5 Å². The van der Waals surface area contributed by atoms with Crippen molar-refractivity contribution in [3.8, 4) is 0 Å². The highest BCUT2D eigenvalue weighted by atomic mass is 16.3. The lowest BCUT2D eigenvalue weighted by molar-refractivity contribution is 0.431. The molecule has 0 aliphatic carbocycles. The number of furan rings is 1. The maximum absolute atomic E-state index is 5.60. The summed E-state index contributed by atoms with van der Waals surface area (Å²) in [4.78, 5) is 0. The zero-order valence-corrected chi connectivity index (χ0v) is 10.6. The first-order valence-corrected chi connectivity index (χ1v) is 5.71. The Bertz CT molecular complexity index is 342. The monoisotopic (exact) mass is 206 g/mol. The average Bonchev–Trinajstić information content (AvgIpc) is 2.50. The molecule has 1 heterocycles. The van der Waals surface area contributed by atoms with E-state index in [0.29, 0.717) is 0 Å². The van der Waals surface area contributed by atoms with Gasteiger partial charge in [0, 0.05) is 0 Å². The molecular weight excluding hydrogens is 184 g/mol. The second-order valence-corrected chi connectivity index (χ2v) is 4.98. The van der Waals surface area contributed by atoms with Gasteiger partial charge in [0.15, 0.2) is 0 Å². The molecule has 0 aromatic carbocycles. The van der Waals surface area contributed by atoms with Crippen LogP contribution in [0.1, 0.15) is 52.1 Å². The zero-order chi connectivity index (χ0) is 11.5. The van der Waals surface area contributed by atoms with Crippen LogP contribution in [0.5, 0.6) is 0 Å². The Hall–Kier alpha value is -0.980. The van der Waals surface area contributed by atoms with Crippen molar-refractivity contribution in [3.63, 3.8) is 0 Å². The molecule has 1 aromatic rings. The minimum Gasteiger partial charge on any atom is -0.462 e. The summed E-state index contributed by atoms with van der Waals surface area (Å²) in [5.74, 6) is 1.97. The second kappa shape index (κ2) is 4.69. The van der Waals surface area contributed by atoms with Gasteiger partial charge < -0.3 is 4.42 Å². The van der Waals surface area contributed by atoms with Crippen molar-refractivity contribution in [3.05, 3.63) is 29.7 Å². The van der Waals surface area contributed by atoms with Crippen molar-refractivity contribution in [2.75, 3.05) is 0 Å². The van der Waals surface area contributed by atoms with E-state index in [-0.39, 0.29) is 5.41 Å². The first-order chi connectivity index (χ1) is 6.94. The normalized spacial score (nSPS) is 13.3. The van der Waals surface area contributed by atoms with Gasteiger partial charge in [0.25, 0.3) is 0 Å². The Labute approximate surface area is 93.2 Å². The molecule has 84 valence electrons. The molecule has 0 aliphatic rings. The predicted octanol–water partition coefficient (Wildman–Crippen LogP) is 4.82. The van der Waals surface area contributed by atoms with Crippen molar-refractivity contribution in [2.45, 2.75) is 47.5 Å². The van der Waals surface area contributed by atoms with Crippen LogP contribution >= 0.6 is 0 Å². The van der Waals surface area contributed by atoms with Crippen molar-refractivity contribution in [1.82, 2.24) is 0 Å². The van der Waals surface area contributed by atoms with Crippen LogP contribution < -0.4 is 0 Å². The molecule has 0 saturated carbocycles. The van der Waals surface area contributed by atoms with E-state index >= 15 is 0 Å². The van der Waals surface area contributed by atoms with Crippen molar-refractivity contribution >= 4 is 5.57 Å². The molecule has 0 aliphatic heterocycles. The highest BCUT2D eigenvalue weighted by Crippen LogP contribution is 2.29. The number of rotatable bonds is 4. The molecular formula is C14H22O. The van der Waals surface area contributed by atoms with Gasteiger partial charge in [-0.05, 0) is 43.4 Å². The van der Waals surface area contributed by atoms with Crippen molar-refractivity contribution < 1.29 is 4.42 Å². The van der Waals surface area contributed by atoms with Crippen LogP contribution in [-0.2, 0) is 0 Å². The summed E-state index contributed by atoms with van der Waals surface area (Å²) in [7, 11) is 0. The SMILES string of the molecule is CCCC(C)(C)/C=C(\C)c1ccc(C)o1. The van der Waals surface area contributed by atoms with E-state index in [1.54, 1.807) is 0 Å². The van der Waals surface area contributed by atoms with Gasteiger partial charge >= 0.3 is 0 Å². The minimum absolute atomic E-state index is 0.263. The van der Waals surface area contributed by atoms with E-state index in [4.69, 9.17) is 4.42 Å². The smallest absolute Gasteiger partial charge is 0.129 e. The summed E-state index contributed by atoms with van der Waals surface area (Å²) in [6.45, 7) is 10.9. The lowest BCUT2D eigenvalue weighted by atomic mass is 9.86. The standard InChI is InChI=1S/C14H22O/c1-6-9-14(4,5)10-11(2)13-8-7-12(3)15-13/h7-8,10H,6,9H2,1-5H3/b11-10+. The molecule has 0 bridgehead atoms.